The zero-order valence-corrected chi connectivity index (χ0v) is 10.5. The molecule has 0 saturated heterocycles. The molecule has 88 valence electrons. The Balaban J connectivity index is 2.67. The highest BCUT2D eigenvalue weighted by Crippen LogP contribution is 2.08. The first kappa shape index (κ1) is 12.7. The van der Waals surface area contributed by atoms with E-state index in [1.54, 1.807) is 0 Å². The summed E-state index contributed by atoms with van der Waals surface area (Å²) in [6, 6.07) is 4.96. The quantitative estimate of drug-likeness (QED) is 0.714. The summed E-state index contributed by atoms with van der Waals surface area (Å²) in [6.45, 7) is 9.59. The van der Waals surface area contributed by atoms with Gasteiger partial charge in [0, 0.05) is 24.8 Å². The monoisotopic (exact) mass is 220 g/mol. The van der Waals surface area contributed by atoms with Crippen molar-refractivity contribution in [3.63, 3.8) is 0 Å². The van der Waals surface area contributed by atoms with Crippen molar-refractivity contribution < 1.29 is 0 Å². The van der Waals surface area contributed by atoms with E-state index in [-0.39, 0.29) is 0 Å². The molecule has 0 amide bonds. The van der Waals surface area contributed by atoms with Gasteiger partial charge in [-0.2, -0.15) is 10.4 Å². The molecule has 0 radical (unpaired) electrons. The molecule has 0 aliphatic carbocycles. The summed E-state index contributed by atoms with van der Waals surface area (Å²) in [6.07, 6.45) is 1.99. The van der Waals surface area contributed by atoms with Crippen LogP contribution in [0, 0.1) is 11.3 Å². The first-order chi connectivity index (χ1) is 7.54. The number of hydrogen-bond donors (Lipinski definition) is 0. The van der Waals surface area contributed by atoms with E-state index in [9.17, 15) is 0 Å². The van der Waals surface area contributed by atoms with Gasteiger partial charge < -0.3 is 0 Å². The Morgan fingerprint density at radius 2 is 2.12 bits per heavy atom. The molecular formula is C12H20N4. The number of rotatable bonds is 5. The first-order valence-electron chi connectivity index (χ1n) is 5.69. The van der Waals surface area contributed by atoms with Crippen LogP contribution in [0.15, 0.2) is 12.3 Å². The Kier molecular flexibility index (Phi) is 4.51. The molecule has 0 aliphatic rings. The summed E-state index contributed by atoms with van der Waals surface area (Å²) in [5.74, 6) is 0. The van der Waals surface area contributed by atoms with E-state index in [1.807, 2.05) is 16.9 Å². The van der Waals surface area contributed by atoms with Crippen LogP contribution in [-0.4, -0.2) is 27.3 Å². The zero-order chi connectivity index (χ0) is 12.1. The molecule has 0 N–H and O–H groups in total. The normalized spacial score (nSPS) is 11.4. The van der Waals surface area contributed by atoms with Gasteiger partial charge in [0.25, 0.3) is 0 Å². The molecule has 0 saturated carbocycles. The molecule has 4 nitrogen and oxygen atoms in total. The smallest absolute Gasteiger partial charge is 0.0871 e. The largest absolute Gasteiger partial charge is 0.282 e. The van der Waals surface area contributed by atoms with Gasteiger partial charge in [-0.25, -0.2) is 0 Å². The maximum absolute atomic E-state index is 8.74. The van der Waals surface area contributed by atoms with Crippen LogP contribution in [0.3, 0.4) is 0 Å². The van der Waals surface area contributed by atoms with Crippen molar-refractivity contribution >= 4 is 0 Å². The minimum Gasteiger partial charge on any atom is -0.282 e. The van der Waals surface area contributed by atoms with Crippen LogP contribution in [0.1, 0.15) is 39.4 Å². The van der Waals surface area contributed by atoms with Crippen LogP contribution in [-0.2, 0) is 6.54 Å². The highest BCUT2D eigenvalue weighted by atomic mass is 15.3. The summed E-state index contributed by atoms with van der Waals surface area (Å²) < 4.78 is 1.94. The van der Waals surface area contributed by atoms with Crippen LogP contribution in [0.2, 0.25) is 0 Å². The van der Waals surface area contributed by atoms with Crippen molar-refractivity contribution in [2.45, 2.75) is 46.3 Å². The van der Waals surface area contributed by atoms with E-state index >= 15 is 0 Å². The van der Waals surface area contributed by atoms with E-state index in [2.05, 4.69) is 43.8 Å². The second-order valence-corrected chi connectivity index (χ2v) is 4.54. The van der Waals surface area contributed by atoms with Gasteiger partial charge in [-0.1, -0.05) is 0 Å². The fraction of sp³-hybridized carbons (Fsp3) is 0.667. The molecule has 16 heavy (non-hydrogen) atoms. The average Bonchev–Trinajstić information content (AvgIpc) is 2.65. The lowest BCUT2D eigenvalue weighted by Gasteiger charge is -2.22. The molecule has 0 unspecified atom stereocenters. The molecule has 0 aromatic carbocycles. The second kappa shape index (κ2) is 5.66. The zero-order valence-electron chi connectivity index (χ0n) is 10.5. The van der Waals surface area contributed by atoms with Gasteiger partial charge in [0.05, 0.1) is 18.3 Å². The Morgan fingerprint density at radius 3 is 2.56 bits per heavy atom. The molecule has 4 heteroatoms. The molecule has 0 fully saturated rings. The van der Waals surface area contributed by atoms with Gasteiger partial charge >= 0.3 is 0 Å². The van der Waals surface area contributed by atoms with Crippen LogP contribution in [0.25, 0.3) is 0 Å². The van der Waals surface area contributed by atoms with Crippen LogP contribution in [0.5, 0.6) is 0 Å². The van der Waals surface area contributed by atoms with Crippen molar-refractivity contribution in [3.05, 3.63) is 18.0 Å². The molecule has 0 spiro atoms. The SMILES string of the molecule is CC(C)N(CC#N)Cc1ccn(C(C)C)n1. The van der Waals surface area contributed by atoms with Gasteiger partial charge in [0.2, 0.25) is 0 Å². The molecule has 1 aromatic rings. The standard InChI is InChI=1S/C12H20N4/c1-10(2)15(8-6-13)9-12-5-7-16(14-12)11(3)4/h5,7,10-11H,8-9H2,1-4H3. The maximum atomic E-state index is 8.74. The fourth-order valence-corrected chi connectivity index (χ4v) is 1.47. The molecule has 1 heterocycles. The lowest BCUT2D eigenvalue weighted by molar-refractivity contribution is 0.236. The minimum atomic E-state index is 0.365. The summed E-state index contributed by atoms with van der Waals surface area (Å²) in [5.41, 5.74) is 1.03. The van der Waals surface area contributed by atoms with Crippen molar-refractivity contribution in [3.8, 4) is 6.07 Å². The summed E-state index contributed by atoms with van der Waals surface area (Å²) >= 11 is 0. The van der Waals surface area contributed by atoms with E-state index in [4.69, 9.17) is 5.26 Å². The topological polar surface area (TPSA) is 44.9 Å². The van der Waals surface area contributed by atoms with Gasteiger partial charge in [0.15, 0.2) is 0 Å². The van der Waals surface area contributed by atoms with Gasteiger partial charge in [-0.05, 0) is 33.8 Å². The highest BCUT2D eigenvalue weighted by molar-refractivity contribution is 5.00. The number of nitriles is 1. The lowest BCUT2D eigenvalue weighted by Crippen LogP contribution is -2.30. The second-order valence-electron chi connectivity index (χ2n) is 4.54. The van der Waals surface area contributed by atoms with Gasteiger partial charge in [-0.3, -0.25) is 9.58 Å². The summed E-state index contributed by atoms with van der Waals surface area (Å²) in [5, 5.41) is 13.2. The molecule has 0 aliphatic heterocycles. The summed E-state index contributed by atoms with van der Waals surface area (Å²) in [7, 11) is 0. The Hall–Kier alpha value is -1.34. The van der Waals surface area contributed by atoms with Crippen molar-refractivity contribution in [2.24, 2.45) is 0 Å². The van der Waals surface area contributed by atoms with E-state index < -0.39 is 0 Å². The predicted octanol–water partition coefficient (Wildman–Crippen LogP) is 2.20. The van der Waals surface area contributed by atoms with E-state index in [0.29, 0.717) is 18.6 Å². The lowest BCUT2D eigenvalue weighted by atomic mass is 10.3. The van der Waals surface area contributed by atoms with Crippen molar-refractivity contribution in [1.29, 1.82) is 5.26 Å². The van der Waals surface area contributed by atoms with Crippen LogP contribution < -0.4 is 0 Å². The average molecular weight is 220 g/mol. The number of aromatic nitrogens is 2. The molecule has 0 bridgehead atoms. The highest BCUT2D eigenvalue weighted by Gasteiger charge is 2.11. The number of nitrogens with zero attached hydrogens (tertiary/aromatic N) is 4. The van der Waals surface area contributed by atoms with Gasteiger partial charge in [-0.15, -0.1) is 0 Å². The van der Waals surface area contributed by atoms with Crippen molar-refractivity contribution in [2.75, 3.05) is 6.54 Å². The van der Waals surface area contributed by atoms with Crippen LogP contribution in [0.4, 0.5) is 0 Å². The van der Waals surface area contributed by atoms with Crippen LogP contribution >= 0.6 is 0 Å². The Morgan fingerprint density at radius 1 is 1.44 bits per heavy atom. The van der Waals surface area contributed by atoms with Gasteiger partial charge in [0.1, 0.15) is 0 Å². The van der Waals surface area contributed by atoms with Crippen molar-refractivity contribution in [1.82, 2.24) is 14.7 Å². The first-order valence-corrected chi connectivity index (χ1v) is 5.69. The minimum absolute atomic E-state index is 0.365. The molecule has 1 aromatic heterocycles. The third-order valence-corrected chi connectivity index (χ3v) is 2.56. The fourth-order valence-electron chi connectivity index (χ4n) is 1.47. The molecule has 0 atom stereocenters. The molecular weight excluding hydrogens is 200 g/mol. The van der Waals surface area contributed by atoms with E-state index in [0.717, 1.165) is 12.2 Å². The molecule has 1 rings (SSSR count). The Bertz CT molecular complexity index is 359. The van der Waals surface area contributed by atoms with E-state index in [1.165, 1.54) is 0 Å². The number of hydrogen-bond acceptors (Lipinski definition) is 3. The maximum Gasteiger partial charge on any atom is 0.0871 e. The summed E-state index contributed by atoms with van der Waals surface area (Å²) in [4.78, 5) is 2.10. The Labute approximate surface area is 97.5 Å². The third-order valence-electron chi connectivity index (χ3n) is 2.56. The predicted molar refractivity (Wildman–Crippen MR) is 63.8 cm³/mol. The third kappa shape index (κ3) is 3.35.